The van der Waals surface area contributed by atoms with Gasteiger partial charge in [-0.3, -0.25) is 0 Å². The Labute approximate surface area is 86.8 Å². The zero-order chi connectivity index (χ0) is 10.4. The van der Waals surface area contributed by atoms with Crippen molar-refractivity contribution in [2.45, 2.75) is 57.7 Å². The maximum absolute atomic E-state index is 8.72. The fraction of sp³-hybridized carbons (Fsp3) is 1.00. The van der Waals surface area contributed by atoms with E-state index in [4.69, 9.17) is 9.84 Å². The van der Waals surface area contributed by atoms with Crippen LogP contribution in [0.3, 0.4) is 0 Å². The monoisotopic (exact) mass is 201 g/mol. The quantitative estimate of drug-likeness (QED) is 0.704. The molecule has 0 spiro atoms. The fourth-order valence-electron chi connectivity index (χ4n) is 2.03. The van der Waals surface area contributed by atoms with Crippen LogP contribution in [0.15, 0.2) is 0 Å². The summed E-state index contributed by atoms with van der Waals surface area (Å²) >= 11 is 0. The summed E-state index contributed by atoms with van der Waals surface area (Å²) in [6.07, 6.45) is 4.58. The number of aliphatic hydroxyl groups is 1. The fourth-order valence-corrected chi connectivity index (χ4v) is 2.03. The molecule has 3 atom stereocenters. The second-order valence-corrected chi connectivity index (χ2v) is 4.34. The number of rotatable bonds is 5. The predicted molar refractivity (Wildman–Crippen MR) is 57.4 cm³/mol. The van der Waals surface area contributed by atoms with Gasteiger partial charge in [-0.05, 0) is 39.5 Å². The summed E-state index contributed by atoms with van der Waals surface area (Å²) in [5, 5.41) is 12.3. The molecule has 0 aromatic carbocycles. The molecular formula is C11H23NO2. The highest BCUT2D eigenvalue weighted by Gasteiger charge is 2.20. The maximum atomic E-state index is 8.72. The second-order valence-electron chi connectivity index (χ2n) is 4.34. The van der Waals surface area contributed by atoms with E-state index in [1.807, 2.05) is 0 Å². The van der Waals surface area contributed by atoms with Gasteiger partial charge in [0.15, 0.2) is 0 Å². The summed E-state index contributed by atoms with van der Waals surface area (Å²) in [5.41, 5.74) is 0. The molecule has 0 saturated carbocycles. The topological polar surface area (TPSA) is 41.5 Å². The lowest BCUT2D eigenvalue weighted by atomic mass is 10.0. The number of hydrogen-bond donors (Lipinski definition) is 2. The van der Waals surface area contributed by atoms with Crippen molar-refractivity contribution in [3.63, 3.8) is 0 Å². The van der Waals surface area contributed by atoms with Gasteiger partial charge in [-0.15, -0.1) is 0 Å². The van der Waals surface area contributed by atoms with Gasteiger partial charge in [0.2, 0.25) is 0 Å². The van der Waals surface area contributed by atoms with E-state index in [1.54, 1.807) is 0 Å². The molecule has 1 aliphatic heterocycles. The lowest BCUT2D eigenvalue weighted by Crippen LogP contribution is -2.42. The number of ether oxygens (including phenoxy) is 1. The van der Waals surface area contributed by atoms with E-state index in [-0.39, 0.29) is 0 Å². The zero-order valence-corrected chi connectivity index (χ0v) is 9.33. The summed E-state index contributed by atoms with van der Waals surface area (Å²) in [7, 11) is 0. The van der Waals surface area contributed by atoms with Crippen LogP contribution >= 0.6 is 0 Å². The maximum Gasteiger partial charge on any atom is 0.0561 e. The first-order valence-corrected chi connectivity index (χ1v) is 5.71. The smallest absolute Gasteiger partial charge is 0.0561 e. The van der Waals surface area contributed by atoms with Crippen molar-refractivity contribution in [1.29, 1.82) is 0 Å². The molecule has 3 unspecified atom stereocenters. The van der Waals surface area contributed by atoms with Crippen molar-refractivity contribution in [2.75, 3.05) is 13.2 Å². The molecule has 0 aromatic rings. The van der Waals surface area contributed by atoms with Crippen molar-refractivity contribution in [2.24, 2.45) is 0 Å². The number of hydrogen-bond acceptors (Lipinski definition) is 3. The van der Waals surface area contributed by atoms with Crippen LogP contribution in [0.1, 0.15) is 39.5 Å². The second kappa shape index (κ2) is 6.38. The lowest BCUT2D eigenvalue weighted by molar-refractivity contribution is 0.0113. The highest BCUT2D eigenvalue weighted by Crippen LogP contribution is 2.14. The van der Waals surface area contributed by atoms with Crippen LogP contribution in [0.2, 0.25) is 0 Å². The number of aliphatic hydroxyl groups excluding tert-OH is 1. The van der Waals surface area contributed by atoms with Crippen molar-refractivity contribution >= 4 is 0 Å². The first kappa shape index (κ1) is 12.0. The predicted octanol–water partition coefficient (Wildman–Crippen LogP) is 1.30. The van der Waals surface area contributed by atoms with E-state index in [0.717, 1.165) is 32.3 Å². The van der Waals surface area contributed by atoms with Crippen LogP contribution in [0.4, 0.5) is 0 Å². The van der Waals surface area contributed by atoms with Crippen LogP contribution in [0, 0.1) is 0 Å². The minimum absolute atomic E-state index is 0.302. The Hall–Kier alpha value is -0.120. The molecule has 1 rings (SSSR count). The van der Waals surface area contributed by atoms with Crippen molar-refractivity contribution < 1.29 is 9.84 Å². The molecule has 1 saturated heterocycles. The summed E-state index contributed by atoms with van der Waals surface area (Å²) in [4.78, 5) is 0. The molecule has 0 bridgehead atoms. The third kappa shape index (κ3) is 4.40. The molecule has 2 N–H and O–H groups in total. The zero-order valence-electron chi connectivity index (χ0n) is 9.33. The van der Waals surface area contributed by atoms with Gasteiger partial charge in [0.05, 0.1) is 6.10 Å². The normalized spacial score (nSPS) is 30.2. The molecule has 3 heteroatoms. The molecule has 0 aliphatic carbocycles. The summed E-state index contributed by atoms with van der Waals surface area (Å²) in [5.74, 6) is 0. The van der Waals surface area contributed by atoms with E-state index in [2.05, 4.69) is 19.2 Å². The third-order valence-electron chi connectivity index (χ3n) is 2.80. The molecule has 3 nitrogen and oxygen atoms in total. The van der Waals surface area contributed by atoms with Crippen molar-refractivity contribution in [3.8, 4) is 0 Å². The van der Waals surface area contributed by atoms with Crippen LogP contribution in [-0.2, 0) is 4.74 Å². The molecule has 0 aromatic heterocycles. The first-order chi connectivity index (χ1) is 6.72. The SMILES string of the molecule is CC(CCCO)NC1CCOC(C)C1. The highest BCUT2D eigenvalue weighted by atomic mass is 16.5. The molecule has 1 heterocycles. The molecule has 0 amide bonds. The molecule has 14 heavy (non-hydrogen) atoms. The largest absolute Gasteiger partial charge is 0.396 e. The standard InChI is InChI=1S/C11H23NO2/c1-9(4-3-6-13)12-11-5-7-14-10(2)8-11/h9-13H,3-8H2,1-2H3. The van der Waals surface area contributed by atoms with Crippen molar-refractivity contribution in [1.82, 2.24) is 5.32 Å². The Morgan fingerprint density at radius 1 is 1.57 bits per heavy atom. The van der Waals surface area contributed by atoms with Crippen LogP contribution in [0.25, 0.3) is 0 Å². The molecule has 1 fully saturated rings. The van der Waals surface area contributed by atoms with E-state index < -0.39 is 0 Å². The Morgan fingerprint density at radius 3 is 3.00 bits per heavy atom. The average Bonchev–Trinajstić information content (AvgIpc) is 2.15. The summed E-state index contributed by atoms with van der Waals surface area (Å²) < 4.78 is 5.49. The average molecular weight is 201 g/mol. The van der Waals surface area contributed by atoms with Gasteiger partial charge in [-0.1, -0.05) is 0 Å². The Kier molecular flexibility index (Phi) is 5.45. The minimum atomic E-state index is 0.302. The van der Waals surface area contributed by atoms with Crippen molar-refractivity contribution in [3.05, 3.63) is 0 Å². The molecule has 1 aliphatic rings. The third-order valence-corrected chi connectivity index (χ3v) is 2.80. The van der Waals surface area contributed by atoms with Crippen LogP contribution in [0.5, 0.6) is 0 Å². The Morgan fingerprint density at radius 2 is 2.36 bits per heavy atom. The van der Waals surface area contributed by atoms with Crippen LogP contribution < -0.4 is 5.32 Å². The van der Waals surface area contributed by atoms with Gasteiger partial charge < -0.3 is 15.2 Å². The lowest BCUT2D eigenvalue weighted by Gasteiger charge is -2.30. The van der Waals surface area contributed by atoms with E-state index in [0.29, 0.717) is 24.8 Å². The van der Waals surface area contributed by atoms with E-state index in [1.165, 1.54) is 0 Å². The Bertz CT molecular complexity index is 152. The minimum Gasteiger partial charge on any atom is -0.396 e. The van der Waals surface area contributed by atoms with Gasteiger partial charge in [0, 0.05) is 25.3 Å². The van der Waals surface area contributed by atoms with Crippen LogP contribution in [-0.4, -0.2) is 36.5 Å². The van der Waals surface area contributed by atoms with E-state index in [9.17, 15) is 0 Å². The van der Waals surface area contributed by atoms with Gasteiger partial charge in [-0.25, -0.2) is 0 Å². The highest BCUT2D eigenvalue weighted by molar-refractivity contribution is 4.77. The first-order valence-electron chi connectivity index (χ1n) is 5.71. The van der Waals surface area contributed by atoms with Gasteiger partial charge in [0.1, 0.15) is 0 Å². The molecule has 84 valence electrons. The Balaban J connectivity index is 2.15. The molecule has 0 radical (unpaired) electrons. The number of nitrogens with one attached hydrogen (secondary N) is 1. The van der Waals surface area contributed by atoms with Gasteiger partial charge in [0.25, 0.3) is 0 Å². The summed E-state index contributed by atoms with van der Waals surface area (Å²) in [6.45, 7) is 5.50. The van der Waals surface area contributed by atoms with E-state index >= 15 is 0 Å². The molecular weight excluding hydrogens is 178 g/mol. The van der Waals surface area contributed by atoms with Gasteiger partial charge in [-0.2, -0.15) is 0 Å². The summed E-state index contributed by atoms with van der Waals surface area (Å²) in [6, 6.07) is 1.12. The van der Waals surface area contributed by atoms with Gasteiger partial charge >= 0.3 is 0 Å².